The van der Waals surface area contributed by atoms with Gasteiger partial charge in [-0.25, -0.2) is 8.42 Å². The molecule has 0 bridgehead atoms. The van der Waals surface area contributed by atoms with Crippen molar-refractivity contribution < 1.29 is 13.2 Å². The van der Waals surface area contributed by atoms with E-state index in [0.29, 0.717) is 18.0 Å². The van der Waals surface area contributed by atoms with Gasteiger partial charge in [-0.3, -0.25) is 0 Å². The standard InChI is InChI=1S/C15H15NO3S/c1-19-14-8-6-12(7-9-14)10-16-11-13-4-2-3-5-15(13)20(16,17)18/h2-9H,10-11H2,1H3. The van der Waals surface area contributed by atoms with Gasteiger partial charge in [-0.05, 0) is 29.3 Å². The number of rotatable bonds is 3. The van der Waals surface area contributed by atoms with E-state index in [9.17, 15) is 8.42 Å². The maximum atomic E-state index is 12.4. The molecule has 1 aliphatic rings. The molecule has 0 saturated carbocycles. The molecule has 1 aliphatic heterocycles. The molecule has 0 aromatic heterocycles. The van der Waals surface area contributed by atoms with E-state index in [0.717, 1.165) is 16.9 Å². The van der Waals surface area contributed by atoms with Gasteiger partial charge in [0.2, 0.25) is 10.0 Å². The summed E-state index contributed by atoms with van der Waals surface area (Å²) in [5.74, 6) is 0.765. The predicted molar refractivity (Wildman–Crippen MR) is 75.9 cm³/mol. The van der Waals surface area contributed by atoms with Crippen LogP contribution in [-0.4, -0.2) is 19.8 Å². The van der Waals surface area contributed by atoms with Gasteiger partial charge in [0.05, 0.1) is 12.0 Å². The van der Waals surface area contributed by atoms with Gasteiger partial charge in [-0.15, -0.1) is 0 Å². The molecule has 0 fully saturated rings. The Balaban J connectivity index is 1.86. The largest absolute Gasteiger partial charge is 0.497 e. The summed E-state index contributed by atoms with van der Waals surface area (Å²) in [7, 11) is -1.75. The molecule has 0 spiro atoms. The Bertz CT molecular complexity index is 723. The minimum absolute atomic E-state index is 0.376. The molecule has 0 N–H and O–H groups in total. The maximum Gasteiger partial charge on any atom is 0.244 e. The zero-order valence-corrected chi connectivity index (χ0v) is 11.9. The van der Waals surface area contributed by atoms with Gasteiger partial charge < -0.3 is 4.74 Å². The van der Waals surface area contributed by atoms with E-state index in [4.69, 9.17) is 4.74 Å². The zero-order valence-electron chi connectivity index (χ0n) is 11.1. The minimum Gasteiger partial charge on any atom is -0.497 e. The van der Waals surface area contributed by atoms with Crippen molar-refractivity contribution in [2.24, 2.45) is 0 Å². The summed E-state index contributed by atoms with van der Waals surface area (Å²) in [5.41, 5.74) is 1.81. The van der Waals surface area contributed by atoms with Gasteiger partial charge in [0.1, 0.15) is 5.75 Å². The Hall–Kier alpha value is -1.85. The first-order chi connectivity index (χ1) is 9.61. The number of fused-ring (bicyclic) bond motifs is 1. The topological polar surface area (TPSA) is 46.6 Å². The fraction of sp³-hybridized carbons (Fsp3) is 0.200. The van der Waals surface area contributed by atoms with Crippen molar-refractivity contribution in [2.45, 2.75) is 18.0 Å². The number of hydrogen-bond donors (Lipinski definition) is 0. The lowest BCUT2D eigenvalue weighted by Crippen LogP contribution is -2.23. The lowest BCUT2D eigenvalue weighted by atomic mass is 10.2. The summed E-state index contributed by atoms with van der Waals surface area (Å²) in [6, 6.07) is 14.6. The molecule has 0 amide bonds. The lowest BCUT2D eigenvalue weighted by Gasteiger charge is -2.14. The zero-order chi connectivity index (χ0) is 14.2. The molecule has 2 aromatic carbocycles. The molecule has 104 valence electrons. The van der Waals surface area contributed by atoms with E-state index in [2.05, 4.69) is 0 Å². The summed E-state index contributed by atoms with van der Waals surface area (Å²) < 4.78 is 31.4. The average Bonchev–Trinajstić information content (AvgIpc) is 2.72. The highest BCUT2D eigenvalue weighted by Crippen LogP contribution is 2.31. The third kappa shape index (κ3) is 2.19. The summed E-state index contributed by atoms with van der Waals surface area (Å²) in [5, 5.41) is 0. The maximum absolute atomic E-state index is 12.4. The second-order valence-electron chi connectivity index (χ2n) is 4.73. The Kier molecular flexibility index (Phi) is 3.23. The Morgan fingerprint density at radius 1 is 1.10 bits per heavy atom. The van der Waals surface area contributed by atoms with Crippen molar-refractivity contribution in [2.75, 3.05) is 7.11 Å². The van der Waals surface area contributed by atoms with Gasteiger partial charge in [-0.2, -0.15) is 4.31 Å². The Morgan fingerprint density at radius 3 is 2.45 bits per heavy atom. The van der Waals surface area contributed by atoms with Gasteiger partial charge >= 0.3 is 0 Å². The molecule has 1 heterocycles. The molecular weight excluding hydrogens is 274 g/mol. The predicted octanol–water partition coefficient (Wildman–Crippen LogP) is 2.40. The van der Waals surface area contributed by atoms with Crippen LogP contribution in [0, 0.1) is 0 Å². The molecule has 4 nitrogen and oxygen atoms in total. The molecule has 0 radical (unpaired) electrons. The van der Waals surface area contributed by atoms with Crippen LogP contribution in [0.2, 0.25) is 0 Å². The van der Waals surface area contributed by atoms with E-state index in [-0.39, 0.29) is 0 Å². The first-order valence-corrected chi connectivity index (χ1v) is 7.76. The number of methoxy groups -OCH3 is 1. The number of nitrogens with zero attached hydrogens (tertiary/aromatic N) is 1. The van der Waals surface area contributed by atoms with Gasteiger partial charge in [0.15, 0.2) is 0 Å². The molecule has 3 rings (SSSR count). The number of benzene rings is 2. The van der Waals surface area contributed by atoms with Crippen molar-refractivity contribution in [3.05, 3.63) is 59.7 Å². The van der Waals surface area contributed by atoms with E-state index in [1.54, 1.807) is 19.2 Å². The summed E-state index contributed by atoms with van der Waals surface area (Å²) >= 11 is 0. The average molecular weight is 289 g/mol. The second kappa shape index (κ2) is 4.92. The normalized spacial score (nSPS) is 16.9. The van der Waals surface area contributed by atoms with Crippen LogP contribution in [0.4, 0.5) is 0 Å². The first kappa shape index (κ1) is 13.1. The number of ether oxygens (including phenoxy) is 1. The highest BCUT2D eigenvalue weighted by atomic mass is 32.2. The van der Waals surface area contributed by atoms with Crippen molar-refractivity contribution in [1.82, 2.24) is 4.31 Å². The summed E-state index contributed by atoms with van der Waals surface area (Å²) in [6.45, 7) is 0.811. The van der Waals surface area contributed by atoms with Crippen LogP contribution in [0.25, 0.3) is 0 Å². The monoisotopic (exact) mass is 289 g/mol. The van der Waals surface area contributed by atoms with Crippen molar-refractivity contribution in [3.8, 4) is 5.75 Å². The Labute approximate surface area is 118 Å². The quantitative estimate of drug-likeness (QED) is 0.871. The van der Waals surface area contributed by atoms with Crippen molar-refractivity contribution in [1.29, 1.82) is 0 Å². The van der Waals surface area contributed by atoms with Crippen LogP contribution < -0.4 is 4.74 Å². The lowest BCUT2D eigenvalue weighted by molar-refractivity contribution is 0.411. The number of sulfonamides is 1. The van der Waals surface area contributed by atoms with E-state index in [1.807, 2.05) is 36.4 Å². The van der Waals surface area contributed by atoms with Gasteiger partial charge in [-0.1, -0.05) is 30.3 Å². The molecule has 0 atom stereocenters. The fourth-order valence-corrected chi connectivity index (χ4v) is 4.00. The van der Waals surface area contributed by atoms with Crippen LogP contribution in [-0.2, 0) is 23.1 Å². The molecule has 5 heteroatoms. The van der Waals surface area contributed by atoms with Gasteiger partial charge in [0.25, 0.3) is 0 Å². The van der Waals surface area contributed by atoms with E-state index >= 15 is 0 Å². The highest BCUT2D eigenvalue weighted by Gasteiger charge is 2.33. The molecule has 0 unspecified atom stereocenters. The van der Waals surface area contributed by atoms with Crippen LogP contribution in [0.15, 0.2) is 53.4 Å². The third-order valence-corrected chi connectivity index (χ3v) is 5.35. The molecule has 0 saturated heterocycles. The van der Waals surface area contributed by atoms with Crippen LogP contribution in [0.3, 0.4) is 0 Å². The molecular formula is C15H15NO3S. The SMILES string of the molecule is COc1ccc(CN2Cc3ccccc3S2(=O)=O)cc1. The van der Waals surface area contributed by atoms with Gasteiger partial charge in [0, 0.05) is 13.1 Å². The second-order valence-corrected chi connectivity index (χ2v) is 6.64. The summed E-state index contributed by atoms with van der Waals surface area (Å²) in [4.78, 5) is 0.425. The van der Waals surface area contributed by atoms with Crippen molar-refractivity contribution >= 4 is 10.0 Å². The van der Waals surface area contributed by atoms with Crippen LogP contribution in [0.5, 0.6) is 5.75 Å². The minimum atomic E-state index is -3.36. The molecule has 20 heavy (non-hydrogen) atoms. The Morgan fingerprint density at radius 2 is 1.80 bits per heavy atom. The molecule has 2 aromatic rings. The van der Waals surface area contributed by atoms with E-state index in [1.165, 1.54) is 4.31 Å². The van der Waals surface area contributed by atoms with Crippen molar-refractivity contribution in [3.63, 3.8) is 0 Å². The summed E-state index contributed by atoms with van der Waals surface area (Å²) in [6.07, 6.45) is 0. The molecule has 0 aliphatic carbocycles. The number of hydrogen-bond acceptors (Lipinski definition) is 3. The van der Waals surface area contributed by atoms with Crippen LogP contribution in [0.1, 0.15) is 11.1 Å². The van der Waals surface area contributed by atoms with Crippen LogP contribution >= 0.6 is 0 Å². The highest BCUT2D eigenvalue weighted by molar-refractivity contribution is 7.89. The smallest absolute Gasteiger partial charge is 0.244 e. The van der Waals surface area contributed by atoms with E-state index < -0.39 is 10.0 Å². The fourth-order valence-electron chi connectivity index (χ4n) is 2.38. The first-order valence-electron chi connectivity index (χ1n) is 6.32. The third-order valence-electron chi connectivity index (χ3n) is 3.46.